The molecule has 2 rings (SSSR count). The number of ether oxygens (including phenoxy) is 2. The summed E-state index contributed by atoms with van der Waals surface area (Å²) in [6.07, 6.45) is 0. The van der Waals surface area contributed by atoms with Crippen LogP contribution < -0.4 is 9.47 Å². The van der Waals surface area contributed by atoms with Gasteiger partial charge in [-0.05, 0) is 36.4 Å². The van der Waals surface area contributed by atoms with Gasteiger partial charge in [-0.15, -0.1) is 0 Å². The summed E-state index contributed by atoms with van der Waals surface area (Å²) < 4.78 is 11.9. The Kier molecular flexibility index (Phi) is 5.47. The molecule has 0 fully saturated rings. The first-order chi connectivity index (χ1) is 10.1. The lowest BCUT2D eigenvalue weighted by molar-refractivity contribution is 0.0691. The lowest BCUT2D eigenvalue weighted by atomic mass is 10.2. The number of rotatable bonds is 6. The van der Waals surface area contributed by atoms with Gasteiger partial charge in [0, 0.05) is 9.50 Å². The van der Waals surface area contributed by atoms with Crippen LogP contribution in [-0.4, -0.2) is 24.3 Å². The fourth-order valence-corrected chi connectivity index (χ4v) is 2.20. The van der Waals surface area contributed by atoms with E-state index in [2.05, 4.69) is 15.9 Å². The molecule has 0 amide bonds. The van der Waals surface area contributed by atoms with Crippen molar-refractivity contribution in [2.75, 3.05) is 13.2 Å². The fourth-order valence-electron chi connectivity index (χ4n) is 1.66. The molecule has 0 aliphatic carbocycles. The van der Waals surface area contributed by atoms with Crippen molar-refractivity contribution < 1.29 is 19.4 Å². The summed E-state index contributed by atoms with van der Waals surface area (Å²) >= 11 is 9.19. The van der Waals surface area contributed by atoms with Crippen LogP contribution in [0.5, 0.6) is 11.5 Å². The maximum absolute atomic E-state index is 11.1. The predicted molar refractivity (Wildman–Crippen MR) is 83.5 cm³/mol. The monoisotopic (exact) mass is 370 g/mol. The molecule has 0 heterocycles. The molecule has 6 heteroatoms. The minimum atomic E-state index is -1.06. The summed E-state index contributed by atoms with van der Waals surface area (Å²) in [5.41, 5.74) is 0.0712. The quantitative estimate of drug-likeness (QED) is 0.771. The van der Waals surface area contributed by atoms with Crippen molar-refractivity contribution in [1.29, 1.82) is 0 Å². The second kappa shape index (κ2) is 7.33. The third-order valence-corrected chi connectivity index (χ3v) is 3.31. The van der Waals surface area contributed by atoms with E-state index < -0.39 is 5.97 Å². The van der Waals surface area contributed by atoms with Crippen molar-refractivity contribution in [3.63, 3.8) is 0 Å². The zero-order valence-electron chi connectivity index (χ0n) is 10.9. The van der Waals surface area contributed by atoms with Crippen molar-refractivity contribution in [2.45, 2.75) is 0 Å². The topological polar surface area (TPSA) is 55.8 Å². The van der Waals surface area contributed by atoms with Crippen molar-refractivity contribution in [2.24, 2.45) is 0 Å². The van der Waals surface area contributed by atoms with Gasteiger partial charge >= 0.3 is 5.97 Å². The van der Waals surface area contributed by atoms with Gasteiger partial charge in [0.1, 0.15) is 30.3 Å². The van der Waals surface area contributed by atoms with Gasteiger partial charge in [0.2, 0.25) is 0 Å². The van der Waals surface area contributed by atoms with Crippen LogP contribution in [0.25, 0.3) is 0 Å². The van der Waals surface area contributed by atoms with E-state index in [1.807, 2.05) is 24.3 Å². The molecule has 0 saturated heterocycles. The Balaban J connectivity index is 1.91. The van der Waals surface area contributed by atoms with Gasteiger partial charge in [0.25, 0.3) is 0 Å². The third-order valence-electron chi connectivity index (χ3n) is 2.58. The first kappa shape index (κ1) is 15.7. The molecule has 0 saturated carbocycles. The molecule has 0 spiro atoms. The molecule has 21 heavy (non-hydrogen) atoms. The molecule has 0 aromatic heterocycles. The van der Waals surface area contributed by atoms with E-state index in [-0.39, 0.29) is 17.9 Å². The Morgan fingerprint density at radius 1 is 1.14 bits per heavy atom. The molecular weight excluding hydrogens is 360 g/mol. The van der Waals surface area contributed by atoms with E-state index in [1.165, 1.54) is 18.2 Å². The number of carboxylic acids is 1. The van der Waals surface area contributed by atoms with E-state index in [9.17, 15) is 4.79 Å². The predicted octanol–water partition coefficient (Wildman–Crippen LogP) is 4.26. The maximum Gasteiger partial charge on any atom is 0.339 e. The van der Waals surface area contributed by atoms with Gasteiger partial charge in [-0.3, -0.25) is 0 Å². The fraction of sp³-hybridized carbons (Fsp3) is 0.133. The van der Waals surface area contributed by atoms with Gasteiger partial charge in [0.05, 0.1) is 0 Å². The molecule has 0 unspecified atom stereocenters. The highest BCUT2D eigenvalue weighted by molar-refractivity contribution is 9.10. The molecule has 2 aromatic carbocycles. The van der Waals surface area contributed by atoms with Crippen molar-refractivity contribution >= 4 is 33.5 Å². The second-order valence-corrected chi connectivity index (χ2v) is 5.45. The smallest absolute Gasteiger partial charge is 0.339 e. The van der Waals surface area contributed by atoms with E-state index in [0.29, 0.717) is 17.4 Å². The van der Waals surface area contributed by atoms with Gasteiger partial charge < -0.3 is 14.6 Å². The zero-order chi connectivity index (χ0) is 15.2. The largest absolute Gasteiger partial charge is 0.490 e. The van der Waals surface area contributed by atoms with Crippen LogP contribution in [0.1, 0.15) is 10.4 Å². The second-order valence-electron chi connectivity index (χ2n) is 4.10. The van der Waals surface area contributed by atoms with Crippen LogP contribution in [-0.2, 0) is 0 Å². The van der Waals surface area contributed by atoms with Gasteiger partial charge in [-0.1, -0.05) is 33.6 Å². The summed E-state index contributed by atoms with van der Waals surface area (Å²) in [7, 11) is 0. The van der Waals surface area contributed by atoms with Gasteiger partial charge in [-0.25, -0.2) is 4.79 Å². The number of hydrogen-bond acceptors (Lipinski definition) is 3. The Hall–Kier alpha value is -1.72. The van der Waals surface area contributed by atoms with Crippen LogP contribution >= 0.6 is 27.5 Å². The van der Waals surface area contributed by atoms with Crippen LogP contribution in [0.2, 0.25) is 5.02 Å². The molecule has 0 atom stereocenters. The minimum absolute atomic E-state index is 0.0712. The maximum atomic E-state index is 11.1. The lowest BCUT2D eigenvalue weighted by Crippen LogP contribution is -2.11. The Labute approximate surface area is 135 Å². The van der Waals surface area contributed by atoms with Crippen LogP contribution in [0, 0.1) is 0 Å². The first-order valence-corrected chi connectivity index (χ1v) is 7.27. The molecule has 0 aliphatic rings. The van der Waals surface area contributed by atoms with E-state index in [4.69, 9.17) is 26.2 Å². The zero-order valence-corrected chi connectivity index (χ0v) is 13.2. The number of benzene rings is 2. The number of carbonyl (C=O) groups is 1. The van der Waals surface area contributed by atoms with Gasteiger partial charge in [0.15, 0.2) is 0 Å². The lowest BCUT2D eigenvalue weighted by Gasteiger charge is -2.10. The van der Waals surface area contributed by atoms with Crippen molar-refractivity contribution in [1.82, 2.24) is 0 Å². The molecule has 0 aliphatic heterocycles. The molecule has 0 bridgehead atoms. The minimum Gasteiger partial charge on any atom is -0.490 e. The Bertz CT molecular complexity index is 645. The van der Waals surface area contributed by atoms with E-state index >= 15 is 0 Å². The standard InChI is InChI=1S/C15H12BrClO4/c16-10-2-1-3-12(8-10)20-6-7-21-14-9-11(17)4-5-13(14)15(18)19/h1-5,8-9H,6-7H2,(H,18,19). The summed E-state index contributed by atoms with van der Waals surface area (Å²) in [6, 6.07) is 11.8. The summed E-state index contributed by atoms with van der Waals surface area (Å²) in [6.45, 7) is 0.509. The average molecular weight is 372 g/mol. The third kappa shape index (κ3) is 4.65. The number of aromatic carboxylic acids is 1. The molecule has 2 aromatic rings. The summed E-state index contributed by atoms with van der Waals surface area (Å²) in [5.74, 6) is -0.125. The van der Waals surface area contributed by atoms with Crippen LogP contribution in [0.15, 0.2) is 46.9 Å². The molecule has 110 valence electrons. The normalized spacial score (nSPS) is 10.2. The molecule has 1 N–H and O–H groups in total. The summed E-state index contributed by atoms with van der Waals surface area (Å²) in [4.78, 5) is 11.1. The molecular formula is C15H12BrClO4. The van der Waals surface area contributed by atoms with E-state index in [1.54, 1.807) is 0 Å². The highest BCUT2D eigenvalue weighted by Gasteiger charge is 2.11. The number of carboxylic acid groups (broad SMARTS) is 1. The van der Waals surface area contributed by atoms with Crippen molar-refractivity contribution in [3.8, 4) is 11.5 Å². The highest BCUT2D eigenvalue weighted by Crippen LogP contribution is 2.23. The van der Waals surface area contributed by atoms with Crippen molar-refractivity contribution in [3.05, 3.63) is 57.5 Å². The van der Waals surface area contributed by atoms with Crippen LogP contribution in [0.3, 0.4) is 0 Å². The van der Waals surface area contributed by atoms with Crippen LogP contribution in [0.4, 0.5) is 0 Å². The SMILES string of the molecule is O=C(O)c1ccc(Cl)cc1OCCOc1cccc(Br)c1. The first-order valence-electron chi connectivity index (χ1n) is 6.10. The number of halogens is 2. The summed E-state index contributed by atoms with van der Waals surface area (Å²) in [5, 5.41) is 9.48. The van der Waals surface area contributed by atoms with E-state index in [0.717, 1.165) is 4.47 Å². The average Bonchev–Trinajstić information content (AvgIpc) is 2.43. The molecule has 4 nitrogen and oxygen atoms in total. The highest BCUT2D eigenvalue weighted by atomic mass is 79.9. The Morgan fingerprint density at radius 2 is 1.90 bits per heavy atom. The number of hydrogen-bond donors (Lipinski definition) is 1. The molecule has 0 radical (unpaired) electrons. The van der Waals surface area contributed by atoms with Gasteiger partial charge in [-0.2, -0.15) is 0 Å². The Morgan fingerprint density at radius 3 is 2.62 bits per heavy atom.